The van der Waals surface area contributed by atoms with Gasteiger partial charge in [0.1, 0.15) is 33.7 Å². The summed E-state index contributed by atoms with van der Waals surface area (Å²) in [6.07, 6.45) is 10.1. The third-order valence-corrected chi connectivity index (χ3v) is 8.96. The SMILES string of the molecule is CC(C)(O)Cn1cc2nccc(Nc3ccnc(-c4cc(Cl)ccc4F)c3)c2n1.CC(C)(O)Cn1cc2nccc(Nc3ccnc(-c4cc(Cl)ccc4F)c3)c2n1. The maximum Gasteiger partial charge on any atom is 0.134 e. The van der Waals surface area contributed by atoms with Gasteiger partial charge in [-0.3, -0.25) is 29.3 Å². The van der Waals surface area contributed by atoms with Gasteiger partial charge in [0.05, 0.1) is 59.4 Å². The van der Waals surface area contributed by atoms with Gasteiger partial charge in [0, 0.05) is 57.3 Å². The second-order valence-electron chi connectivity index (χ2n) is 14.8. The van der Waals surface area contributed by atoms with Crippen LogP contribution in [-0.4, -0.2) is 60.9 Å². The van der Waals surface area contributed by atoms with E-state index in [9.17, 15) is 19.0 Å². The molecule has 0 aliphatic heterocycles. The molecule has 0 amide bonds. The van der Waals surface area contributed by atoms with Crippen molar-refractivity contribution >= 4 is 68.0 Å². The van der Waals surface area contributed by atoms with E-state index >= 15 is 0 Å². The lowest BCUT2D eigenvalue weighted by molar-refractivity contribution is 0.0573. The van der Waals surface area contributed by atoms with Crippen LogP contribution in [0, 0.1) is 11.6 Å². The second kappa shape index (κ2) is 16.4. The highest BCUT2D eigenvalue weighted by molar-refractivity contribution is 6.31. The first-order chi connectivity index (χ1) is 27.6. The molecule has 58 heavy (non-hydrogen) atoms. The number of aromatic nitrogens is 8. The number of hydrogen-bond donors (Lipinski definition) is 4. The fourth-order valence-electron chi connectivity index (χ4n) is 6.10. The lowest BCUT2D eigenvalue weighted by Gasteiger charge is -2.16. The van der Waals surface area contributed by atoms with Gasteiger partial charge in [-0.1, -0.05) is 23.2 Å². The van der Waals surface area contributed by atoms with Gasteiger partial charge in [-0.25, -0.2) is 8.78 Å². The van der Waals surface area contributed by atoms with Gasteiger partial charge >= 0.3 is 0 Å². The third kappa shape index (κ3) is 9.90. The van der Waals surface area contributed by atoms with Crippen LogP contribution in [0.25, 0.3) is 44.6 Å². The second-order valence-corrected chi connectivity index (χ2v) is 15.7. The van der Waals surface area contributed by atoms with Crippen molar-refractivity contribution < 1.29 is 19.0 Å². The van der Waals surface area contributed by atoms with Gasteiger partial charge < -0.3 is 20.8 Å². The summed E-state index contributed by atoms with van der Waals surface area (Å²) in [6, 6.07) is 19.4. The van der Waals surface area contributed by atoms with Crippen LogP contribution in [0.2, 0.25) is 10.0 Å². The van der Waals surface area contributed by atoms with Crippen molar-refractivity contribution in [3.05, 3.63) is 132 Å². The number of benzene rings is 2. The molecule has 8 rings (SSSR count). The van der Waals surface area contributed by atoms with E-state index in [1.165, 1.54) is 24.3 Å². The van der Waals surface area contributed by atoms with E-state index in [2.05, 4.69) is 40.8 Å². The molecule has 4 N–H and O–H groups in total. The fraction of sp³-hybridized carbons (Fsp3) is 0.190. The quantitative estimate of drug-likeness (QED) is 0.105. The molecular formula is C42H38Cl2F2N10O2. The molecule has 0 saturated heterocycles. The van der Waals surface area contributed by atoms with E-state index < -0.39 is 22.8 Å². The molecule has 8 aromatic rings. The van der Waals surface area contributed by atoms with Crippen LogP contribution in [0.15, 0.2) is 110 Å². The molecule has 0 unspecified atom stereocenters. The van der Waals surface area contributed by atoms with Crippen molar-refractivity contribution in [3.63, 3.8) is 0 Å². The summed E-state index contributed by atoms with van der Waals surface area (Å²) in [5.41, 5.74) is 5.48. The molecule has 0 fully saturated rings. The minimum absolute atomic E-state index is 0.329. The normalized spacial score (nSPS) is 11.8. The van der Waals surface area contributed by atoms with Crippen LogP contribution in [0.1, 0.15) is 27.7 Å². The summed E-state index contributed by atoms with van der Waals surface area (Å²) >= 11 is 12.0. The van der Waals surface area contributed by atoms with Gasteiger partial charge in [-0.2, -0.15) is 10.2 Å². The minimum Gasteiger partial charge on any atom is -0.389 e. The zero-order chi connectivity index (χ0) is 41.2. The molecule has 0 spiro atoms. The van der Waals surface area contributed by atoms with Crippen molar-refractivity contribution in [2.75, 3.05) is 10.6 Å². The lowest BCUT2D eigenvalue weighted by atomic mass is 10.1. The van der Waals surface area contributed by atoms with Crippen LogP contribution in [0.3, 0.4) is 0 Å². The number of aliphatic hydroxyl groups is 2. The molecule has 6 heterocycles. The molecule has 0 atom stereocenters. The summed E-state index contributed by atoms with van der Waals surface area (Å²) in [5.74, 6) is -0.786. The molecular weight excluding hydrogens is 785 g/mol. The van der Waals surface area contributed by atoms with Crippen molar-refractivity contribution in [1.29, 1.82) is 0 Å². The molecule has 12 nitrogen and oxygen atoms in total. The molecule has 6 aromatic heterocycles. The lowest BCUT2D eigenvalue weighted by Crippen LogP contribution is -2.26. The molecule has 0 radical (unpaired) electrons. The molecule has 0 bridgehead atoms. The average molecular weight is 824 g/mol. The number of rotatable bonds is 10. The van der Waals surface area contributed by atoms with E-state index in [-0.39, 0.29) is 0 Å². The Kier molecular flexibility index (Phi) is 11.4. The molecule has 0 aliphatic carbocycles. The Morgan fingerprint density at radius 3 is 1.36 bits per heavy atom. The van der Waals surface area contributed by atoms with Gasteiger partial charge in [0.15, 0.2) is 0 Å². The summed E-state index contributed by atoms with van der Waals surface area (Å²) in [5, 5.41) is 36.6. The molecule has 0 aliphatic rings. The number of nitrogens with zero attached hydrogens (tertiary/aromatic N) is 8. The Balaban J connectivity index is 0.000000177. The average Bonchev–Trinajstić information content (AvgIpc) is 3.76. The largest absolute Gasteiger partial charge is 0.389 e. The van der Waals surface area contributed by atoms with Crippen LogP contribution >= 0.6 is 23.2 Å². The Morgan fingerprint density at radius 1 is 0.569 bits per heavy atom. The number of nitrogens with one attached hydrogen (secondary N) is 2. The predicted molar refractivity (Wildman–Crippen MR) is 223 cm³/mol. The molecule has 16 heteroatoms. The number of hydrogen-bond acceptors (Lipinski definition) is 10. The minimum atomic E-state index is -0.892. The van der Waals surface area contributed by atoms with Crippen molar-refractivity contribution in [2.24, 2.45) is 0 Å². The Morgan fingerprint density at radius 2 is 0.966 bits per heavy atom. The predicted octanol–water partition coefficient (Wildman–Crippen LogP) is 9.60. The Hall–Kier alpha value is -6.06. The summed E-state index contributed by atoms with van der Waals surface area (Å²) in [6.45, 7) is 7.57. The Labute approximate surface area is 342 Å². The zero-order valence-corrected chi connectivity index (χ0v) is 33.3. The zero-order valence-electron chi connectivity index (χ0n) is 31.8. The smallest absolute Gasteiger partial charge is 0.134 e. The van der Waals surface area contributed by atoms with Crippen LogP contribution < -0.4 is 10.6 Å². The topological polar surface area (TPSA) is 152 Å². The third-order valence-electron chi connectivity index (χ3n) is 8.49. The number of halogens is 4. The highest BCUT2D eigenvalue weighted by Crippen LogP contribution is 2.31. The van der Waals surface area contributed by atoms with Gasteiger partial charge in [-0.05, 0) is 100 Å². The molecule has 0 saturated carbocycles. The number of anilines is 4. The Bertz CT molecular complexity index is 2560. The monoisotopic (exact) mass is 822 g/mol. The highest BCUT2D eigenvalue weighted by atomic mass is 35.5. The maximum atomic E-state index is 14.2. The summed E-state index contributed by atoms with van der Waals surface area (Å²) in [7, 11) is 0. The van der Waals surface area contributed by atoms with E-state index in [4.69, 9.17) is 23.2 Å². The number of fused-ring (bicyclic) bond motifs is 2. The first-order valence-electron chi connectivity index (χ1n) is 18.0. The van der Waals surface area contributed by atoms with E-state index in [1.54, 1.807) is 111 Å². The fourth-order valence-corrected chi connectivity index (χ4v) is 6.45. The van der Waals surface area contributed by atoms with Gasteiger partial charge in [-0.15, -0.1) is 0 Å². The highest BCUT2D eigenvalue weighted by Gasteiger charge is 2.18. The van der Waals surface area contributed by atoms with Gasteiger partial charge in [0.25, 0.3) is 0 Å². The van der Waals surface area contributed by atoms with Crippen molar-refractivity contribution in [2.45, 2.75) is 52.0 Å². The molecule has 296 valence electrons. The van der Waals surface area contributed by atoms with Crippen LogP contribution in [-0.2, 0) is 13.1 Å². The maximum absolute atomic E-state index is 14.2. The van der Waals surface area contributed by atoms with Crippen LogP contribution in [0.5, 0.6) is 0 Å². The summed E-state index contributed by atoms with van der Waals surface area (Å²) < 4.78 is 31.7. The first-order valence-corrected chi connectivity index (χ1v) is 18.8. The standard InChI is InChI=1S/2C21H19ClFN5O/c2*1-21(2,29)12-28-11-19-20(27-28)17(6-8-25-19)26-14-5-7-24-18(10-14)15-9-13(22)3-4-16(15)23/h2*3-11,29H,12H2,1-2H3,(H,24,26). The summed E-state index contributed by atoms with van der Waals surface area (Å²) in [4.78, 5) is 17.2. The van der Waals surface area contributed by atoms with Crippen LogP contribution in [0.4, 0.5) is 31.5 Å². The van der Waals surface area contributed by atoms with Crippen molar-refractivity contribution in [3.8, 4) is 22.5 Å². The first kappa shape index (κ1) is 40.1. The van der Waals surface area contributed by atoms with E-state index in [1.807, 2.05) is 12.1 Å². The number of pyridine rings is 4. The van der Waals surface area contributed by atoms with E-state index in [0.717, 1.165) is 22.7 Å². The molecule has 2 aromatic carbocycles. The van der Waals surface area contributed by atoms with Gasteiger partial charge in [0.2, 0.25) is 0 Å². The van der Waals surface area contributed by atoms with E-state index in [0.29, 0.717) is 67.7 Å². The van der Waals surface area contributed by atoms with Crippen molar-refractivity contribution in [1.82, 2.24) is 39.5 Å².